The van der Waals surface area contributed by atoms with Crippen LogP contribution in [0.25, 0.3) is 0 Å². The van der Waals surface area contributed by atoms with E-state index >= 15 is 0 Å². The average molecular weight is 385 g/mol. The van der Waals surface area contributed by atoms with Crippen molar-refractivity contribution < 1.29 is 33.0 Å². The van der Waals surface area contributed by atoms with E-state index in [0.29, 0.717) is 13.0 Å². The van der Waals surface area contributed by atoms with Gasteiger partial charge in [-0.15, -0.1) is 0 Å². The van der Waals surface area contributed by atoms with Gasteiger partial charge < -0.3 is 19.8 Å². The number of carbonyl (C=O) groups excluding carboxylic acids is 2. The molecule has 2 N–H and O–H groups in total. The van der Waals surface area contributed by atoms with Gasteiger partial charge in [-0.25, -0.2) is 13.2 Å². The van der Waals surface area contributed by atoms with Crippen LogP contribution < -0.4 is 0 Å². The molecule has 1 amide bonds. The van der Waals surface area contributed by atoms with Crippen LogP contribution >= 0.6 is 0 Å². The Bertz CT molecular complexity index is 775. The van der Waals surface area contributed by atoms with E-state index in [1.54, 1.807) is 0 Å². The number of benzene rings is 1. The summed E-state index contributed by atoms with van der Waals surface area (Å²) in [4.78, 5) is 26.0. The van der Waals surface area contributed by atoms with E-state index in [9.17, 15) is 28.2 Å². The number of phenols is 2. The lowest BCUT2D eigenvalue weighted by Crippen LogP contribution is -2.43. The standard InChI is InChI=1S/C17H23NO7S/c1-2-3-7-18(12-6-8-26(23,24)11-12)16(21)10-25-17(22)14-5-4-13(19)9-15(14)20/h4-5,9,12,19-20H,2-3,6-8,10-11H2,1H3/t12-/m0/s1. The van der Waals surface area contributed by atoms with Crippen LogP contribution in [0.1, 0.15) is 36.5 Å². The third-order valence-corrected chi connectivity index (χ3v) is 6.00. The van der Waals surface area contributed by atoms with E-state index in [-0.39, 0.29) is 22.8 Å². The fourth-order valence-electron chi connectivity index (χ4n) is 2.84. The topological polar surface area (TPSA) is 121 Å². The SMILES string of the molecule is CCCCN(C(=O)COC(=O)c1ccc(O)cc1O)[C@H]1CCS(=O)(=O)C1. The van der Waals surface area contributed by atoms with Gasteiger partial charge in [-0.2, -0.15) is 0 Å². The second-order valence-electron chi connectivity index (χ2n) is 6.28. The summed E-state index contributed by atoms with van der Waals surface area (Å²) in [6.07, 6.45) is 1.93. The van der Waals surface area contributed by atoms with Gasteiger partial charge in [0.1, 0.15) is 17.1 Å². The molecule has 1 heterocycles. The summed E-state index contributed by atoms with van der Waals surface area (Å²) in [7, 11) is -3.14. The molecule has 0 bridgehead atoms. The molecule has 9 heteroatoms. The van der Waals surface area contributed by atoms with Crippen molar-refractivity contribution >= 4 is 21.7 Å². The minimum absolute atomic E-state index is 0.0503. The number of carbonyl (C=O) groups is 2. The van der Waals surface area contributed by atoms with Crippen LogP contribution in [0.5, 0.6) is 11.5 Å². The normalized spacial score (nSPS) is 18.4. The van der Waals surface area contributed by atoms with Crippen LogP contribution in [-0.2, 0) is 19.4 Å². The van der Waals surface area contributed by atoms with Gasteiger partial charge >= 0.3 is 5.97 Å². The molecular formula is C17H23NO7S. The molecule has 1 aromatic rings. The Morgan fingerprint density at radius 2 is 2.04 bits per heavy atom. The van der Waals surface area contributed by atoms with Gasteiger partial charge in [0.2, 0.25) is 0 Å². The summed E-state index contributed by atoms with van der Waals surface area (Å²) in [6, 6.07) is 3.00. The first-order valence-electron chi connectivity index (χ1n) is 8.42. The first-order valence-corrected chi connectivity index (χ1v) is 10.2. The predicted molar refractivity (Wildman–Crippen MR) is 93.7 cm³/mol. The van der Waals surface area contributed by atoms with Gasteiger partial charge in [-0.1, -0.05) is 13.3 Å². The van der Waals surface area contributed by atoms with E-state index in [4.69, 9.17) is 4.74 Å². The summed E-state index contributed by atoms with van der Waals surface area (Å²) in [6.45, 7) is 1.82. The molecule has 8 nitrogen and oxygen atoms in total. The third-order valence-electron chi connectivity index (χ3n) is 4.25. The van der Waals surface area contributed by atoms with Gasteiger partial charge in [0.05, 0.1) is 11.5 Å². The minimum Gasteiger partial charge on any atom is -0.508 e. The highest BCUT2D eigenvalue weighted by molar-refractivity contribution is 7.91. The highest BCUT2D eigenvalue weighted by Gasteiger charge is 2.34. The molecule has 2 rings (SSSR count). The van der Waals surface area contributed by atoms with Gasteiger partial charge in [0.15, 0.2) is 16.4 Å². The molecule has 0 unspecified atom stereocenters. The predicted octanol–water partition coefficient (Wildman–Crippen LogP) is 1.07. The van der Waals surface area contributed by atoms with Crippen LogP contribution in [-0.4, -0.2) is 66.1 Å². The lowest BCUT2D eigenvalue weighted by Gasteiger charge is -2.28. The van der Waals surface area contributed by atoms with Crippen molar-refractivity contribution in [1.82, 2.24) is 4.90 Å². The summed E-state index contributed by atoms with van der Waals surface area (Å²) < 4.78 is 28.3. The van der Waals surface area contributed by atoms with Crippen molar-refractivity contribution in [2.45, 2.75) is 32.2 Å². The molecule has 1 aliphatic heterocycles. The summed E-state index contributed by atoms with van der Waals surface area (Å²) >= 11 is 0. The Morgan fingerprint density at radius 3 is 2.62 bits per heavy atom. The fraction of sp³-hybridized carbons (Fsp3) is 0.529. The maximum absolute atomic E-state index is 12.5. The van der Waals surface area contributed by atoms with Crippen molar-refractivity contribution in [2.24, 2.45) is 0 Å². The number of hydrogen-bond acceptors (Lipinski definition) is 7. The molecule has 0 aliphatic carbocycles. The number of unbranched alkanes of at least 4 members (excludes halogenated alkanes) is 1. The Labute approximate surface area is 152 Å². The highest BCUT2D eigenvalue weighted by Crippen LogP contribution is 2.23. The lowest BCUT2D eigenvalue weighted by atomic mass is 10.2. The maximum Gasteiger partial charge on any atom is 0.342 e. The van der Waals surface area contributed by atoms with Crippen molar-refractivity contribution in [3.63, 3.8) is 0 Å². The van der Waals surface area contributed by atoms with E-state index in [1.165, 1.54) is 17.0 Å². The van der Waals surface area contributed by atoms with Crippen LogP contribution in [0.2, 0.25) is 0 Å². The molecule has 0 saturated carbocycles. The van der Waals surface area contributed by atoms with Gasteiger partial charge in [0, 0.05) is 18.7 Å². The first kappa shape index (κ1) is 20.0. The highest BCUT2D eigenvalue weighted by atomic mass is 32.2. The number of nitrogens with zero attached hydrogens (tertiary/aromatic N) is 1. The molecule has 1 saturated heterocycles. The molecular weight excluding hydrogens is 362 g/mol. The zero-order valence-corrected chi connectivity index (χ0v) is 15.4. The monoisotopic (exact) mass is 385 g/mol. The first-order chi connectivity index (χ1) is 12.2. The molecule has 0 spiro atoms. The molecule has 1 atom stereocenters. The van der Waals surface area contributed by atoms with Crippen LogP contribution in [0, 0.1) is 0 Å². The molecule has 1 fully saturated rings. The number of phenolic OH excluding ortho intramolecular Hbond substituents is 2. The zero-order valence-electron chi connectivity index (χ0n) is 14.6. The molecule has 1 aliphatic rings. The molecule has 0 radical (unpaired) electrons. The quantitative estimate of drug-likeness (QED) is 0.673. The van der Waals surface area contributed by atoms with E-state index in [0.717, 1.165) is 18.9 Å². The van der Waals surface area contributed by atoms with E-state index in [2.05, 4.69) is 0 Å². The number of aromatic hydroxyl groups is 2. The Kier molecular flexibility index (Phi) is 6.47. The largest absolute Gasteiger partial charge is 0.508 e. The minimum atomic E-state index is -3.14. The zero-order chi connectivity index (χ0) is 19.3. The Hall–Kier alpha value is -2.29. The number of amides is 1. The van der Waals surface area contributed by atoms with Crippen molar-refractivity contribution in [1.29, 1.82) is 0 Å². The molecule has 1 aromatic carbocycles. The third kappa shape index (κ3) is 5.10. The average Bonchev–Trinajstić information content (AvgIpc) is 2.92. The van der Waals surface area contributed by atoms with Crippen LogP contribution in [0.15, 0.2) is 18.2 Å². The Morgan fingerprint density at radius 1 is 1.31 bits per heavy atom. The molecule has 144 valence electrons. The van der Waals surface area contributed by atoms with Gasteiger partial charge in [-0.05, 0) is 25.0 Å². The van der Waals surface area contributed by atoms with Gasteiger partial charge in [0.25, 0.3) is 5.91 Å². The molecule has 26 heavy (non-hydrogen) atoms. The fourth-order valence-corrected chi connectivity index (χ4v) is 4.57. The summed E-state index contributed by atoms with van der Waals surface area (Å²) in [5, 5.41) is 18.9. The van der Waals surface area contributed by atoms with Crippen LogP contribution in [0.3, 0.4) is 0 Å². The second-order valence-corrected chi connectivity index (χ2v) is 8.50. The van der Waals surface area contributed by atoms with Crippen LogP contribution in [0.4, 0.5) is 0 Å². The van der Waals surface area contributed by atoms with E-state index in [1.807, 2.05) is 6.92 Å². The molecule has 0 aromatic heterocycles. The number of rotatable bonds is 7. The van der Waals surface area contributed by atoms with Crippen molar-refractivity contribution in [3.8, 4) is 11.5 Å². The number of esters is 1. The number of ether oxygens (including phenoxy) is 1. The smallest absolute Gasteiger partial charge is 0.342 e. The Balaban J connectivity index is 2.01. The maximum atomic E-state index is 12.5. The summed E-state index contributed by atoms with van der Waals surface area (Å²) in [5.41, 5.74) is -0.167. The second kappa shape index (κ2) is 8.39. The number of sulfone groups is 1. The summed E-state index contributed by atoms with van der Waals surface area (Å²) in [5.74, 6) is -2.04. The van der Waals surface area contributed by atoms with Crippen molar-refractivity contribution in [3.05, 3.63) is 23.8 Å². The van der Waals surface area contributed by atoms with Gasteiger partial charge in [-0.3, -0.25) is 4.79 Å². The van der Waals surface area contributed by atoms with Crippen molar-refractivity contribution in [2.75, 3.05) is 24.7 Å². The van der Waals surface area contributed by atoms with E-state index < -0.39 is 40.1 Å². The number of hydrogen-bond donors (Lipinski definition) is 2. The lowest BCUT2D eigenvalue weighted by molar-refractivity contribution is -0.136.